The first-order valence-corrected chi connectivity index (χ1v) is 9.54. The van der Waals surface area contributed by atoms with Crippen LogP contribution in [0.5, 0.6) is 0 Å². The minimum atomic E-state index is -0.631. The summed E-state index contributed by atoms with van der Waals surface area (Å²) in [6.45, 7) is 0.135. The zero-order chi connectivity index (χ0) is 19.2. The molecule has 28 heavy (non-hydrogen) atoms. The standard InChI is InChI=1S/C24H23N3O/c28-18-10-17-23-25-19-27(26-23)24(20-11-4-1-5-12-20,21-13-6-2-7-14-21)22-15-8-3-9-16-22/h1-9,11-16,19,28H,10,17-18H2. The Balaban J connectivity index is 2.00. The van der Waals surface area contributed by atoms with Gasteiger partial charge in [-0.1, -0.05) is 91.0 Å². The molecular weight excluding hydrogens is 346 g/mol. The number of aryl methyl sites for hydroxylation is 1. The van der Waals surface area contributed by atoms with Crippen molar-refractivity contribution in [1.29, 1.82) is 0 Å². The zero-order valence-electron chi connectivity index (χ0n) is 15.6. The van der Waals surface area contributed by atoms with Crippen molar-refractivity contribution < 1.29 is 5.11 Å². The van der Waals surface area contributed by atoms with Gasteiger partial charge in [0.2, 0.25) is 0 Å². The van der Waals surface area contributed by atoms with Crippen molar-refractivity contribution in [3.05, 3.63) is 120 Å². The summed E-state index contributed by atoms with van der Waals surface area (Å²) in [5.41, 5.74) is 2.72. The lowest BCUT2D eigenvalue weighted by Crippen LogP contribution is -2.38. The number of rotatable bonds is 7. The van der Waals surface area contributed by atoms with Crippen molar-refractivity contribution >= 4 is 0 Å². The highest BCUT2D eigenvalue weighted by Crippen LogP contribution is 2.40. The molecule has 140 valence electrons. The summed E-state index contributed by atoms with van der Waals surface area (Å²) in [6.07, 6.45) is 3.11. The number of hydrogen-bond donors (Lipinski definition) is 1. The van der Waals surface area contributed by atoms with Crippen molar-refractivity contribution in [3.8, 4) is 0 Å². The molecule has 1 aromatic heterocycles. The molecule has 4 nitrogen and oxygen atoms in total. The minimum Gasteiger partial charge on any atom is -0.396 e. The van der Waals surface area contributed by atoms with E-state index in [1.807, 2.05) is 22.9 Å². The maximum atomic E-state index is 9.17. The second kappa shape index (κ2) is 8.19. The van der Waals surface area contributed by atoms with E-state index in [2.05, 4.69) is 77.8 Å². The topological polar surface area (TPSA) is 50.9 Å². The van der Waals surface area contributed by atoms with E-state index < -0.39 is 5.54 Å². The molecule has 4 heteroatoms. The third kappa shape index (κ3) is 3.23. The summed E-state index contributed by atoms with van der Waals surface area (Å²) in [7, 11) is 0. The molecule has 0 saturated heterocycles. The highest BCUT2D eigenvalue weighted by molar-refractivity contribution is 5.50. The Bertz CT molecular complexity index is 901. The van der Waals surface area contributed by atoms with Gasteiger partial charge >= 0.3 is 0 Å². The van der Waals surface area contributed by atoms with E-state index in [1.165, 1.54) is 0 Å². The van der Waals surface area contributed by atoms with Crippen molar-refractivity contribution in [1.82, 2.24) is 14.8 Å². The van der Waals surface area contributed by atoms with Gasteiger partial charge in [0, 0.05) is 13.0 Å². The lowest BCUT2D eigenvalue weighted by atomic mass is 9.77. The molecule has 1 N–H and O–H groups in total. The van der Waals surface area contributed by atoms with Crippen LogP contribution < -0.4 is 0 Å². The Morgan fingerprint density at radius 3 is 1.61 bits per heavy atom. The summed E-state index contributed by atoms with van der Waals surface area (Å²) >= 11 is 0. The first-order valence-electron chi connectivity index (χ1n) is 9.54. The molecule has 0 aliphatic carbocycles. The van der Waals surface area contributed by atoms with E-state index in [1.54, 1.807) is 6.33 Å². The van der Waals surface area contributed by atoms with Gasteiger partial charge in [0.15, 0.2) is 5.82 Å². The van der Waals surface area contributed by atoms with Crippen LogP contribution in [0.4, 0.5) is 0 Å². The van der Waals surface area contributed by atoms with E-state index in [-0.39, 0.29) is 6.61 Å². The Morgan fingerprint density at radius 2 is 1.18 bits per heavy atom. The van der Waals surface area contributed by atoms with Gasteiger partial charge in [-0.25, -0.2) is 9.67 Å². The summed E-state index contributed by atoms with van der Waals surface area (Å²) in [5, 5.41) is 14.0. The fraction of sp³-hybridized carbons (Fsp3) is 0.167. The van der Waals surface area contributed by atoms with Crippen LogP contribution in [0.3, 0.4) is 0 Å². The molecule has 0 bridgehead atoms. The predicted octanol–water partition coefficient (Wildman–Crippen LogP) is 4.04. The molecule has 0 aliphatic rings. The summed E-state index contributed by atoms with van der Waals surface area (Å²) in [5.74, 6) is 0.737. The number of aromatic nitrogens is 3. The van der Waals surface area contributed by atoms with Gasteiger partial charge < -0.3 is 5.11 Å². The fourth-order valence-corrected chi connectivity index (χ4v) is 3.75. The van der Waals surface area contributed by atoms with Gasteiger partial charge in [-0.2, -0.15) is 5.10 Å². The second-order valence-corrected chi connectivity index (χ2v) is 6.74. The Hall–Kier alpha value is -3.24. The van der Waals surface area contributed by atoms with Gasteiger partial charge in [0.05, 0.1) is 0 Å². The number of aliphatic hydroxyl groups is 1. The second-order valence-electron chi connectivity index (χ2n) is 6.74. The van der Waals surface area contributed by atoms with Crippen molar-refractivity contribution in [2.75, 3.05) is 6.61 Å². The fourth-order valence-electron chi connectivity index (χ4n) is 3.75. The average molecular weight is 369 g/mol. The molecule has 0 atom stereocenters. The first-order chi connectivity index (χ1) is 13.9. The summed E-state index contributed by atoms with van der Waals surface area (Å²) in [4.78, 5) is 4.54. The molecule has 4 aromatic rings. The van der Waals surface area contributed by atoms with E-state index in [4.69, 9.17) is 10.2 Å². The number of benzene rings is 3. The van der Waals surface area contributed by atoms with Crippen LogP contribution >= 0.6 is 0 Å². The third-order valence-electron chi connectivity index (χ3n) is 5.02. The highest BCUT2D eigenvalue weighted by atomic mass is 16.2. The molecule has 0 radical (unpaired) electrons. The van der Waals surface area contributed by atoms with Gasteiger partial charge in [-0.15, -0.1) is 0 Å². The molecule has 0 fully saturated rings. The van der Waals surface area contributed by atoms with E-state index in [0.717, 1.165) is 22.5 Å². The van der Waals surface area contributed by atoms with Crippen LogP contribution in [0.1, 0.15) is 28.9 Å². The third-order valence-corrected chi connectivity index (χ3v) is 5.02. The molecule has 3 aromatic carbocycles. The average Bonchev–Trinajstić information content (AvgIpc) is 3.24. The SMILES string of the molecule is OCCCc1ncn(C(c2ccccc2)(c2ccccc2)c2ccccc2)n1. The smallest absolute Gasteiger partial charge is 0.150 e. The first kappa shape index (κ1) is 18.1. The molecule has 4 rings (SSSR count). The van der Waals surface area contributed by atoms with Crippen LogP contribution in [0.2, 0.25) is 0 Å². The molecular formula is C24H23N3O. The number of hydrogen-bond acceptors (Lipinski definition) is 3. The Morgan fingerprint density at radius 1 is 0.714 bits per heavy atom. The molecule has 0 unspecified atom stereocenters. The minimum absolute atomic E-state index is 0.135. The largest absolute Gasteiger partial charge is 0.396 e. The van der Waals surface area contributed by atoms with Crippen molar-refractivity contribution in [3.63, 3.8) is 0 Å². The van der Waals surface area contributed by atoms with Crippen molar-refractivity contribution in [2.24, 2.45) is 0 Å². The van der Waals surface area contributed by atoms with Crippen LogP contribution in [0.15, 0.2) is 97.3 Å². The predicted molar refractivity (Wildman–Crippen MR) is 110 cm³/mol. The molecule has 0 saturated carbocycles. The monoisotopic (exact) mass is 369 g/mol. The van der Waals surface area contributed by atoms with Crippen molar-refractivity contribution in [2.45, 2.75) is 18.4 Å². The van der Waals surface area contributed by atoms with Gasteiger partial charge in [-0.3, -0.25) is 0 Å². The van der Waals surface area contributed by atoms with E-state index in [0.29, 0.717) is 12.8 Å². The lowest BCUT2D eigenvalue weighted by Gasteiger charge is -2.35. The van der Waals surface area contributed by atoms with Gasteiger partial charge in [0.1, 0.15) is 11.9 Å². The maximum Gasteiger partial charge on any atom is 0.150 e. The normalized spacial score (nSPS) is 11.5. The van der Waals surface area contributed by atoms with Gasteiger partial charge in [0.25, 0.3) is 0 Å². The zero-order valence-corrected chi connectivity index (χ0v) is 15.6. The van der Waals surface area contributed by atoms with Crippen LogP contribution in [0.25, 0.3) is 0 Å². The molecule has 1 heterocycles. The lowest BCUT2D eigenvalue weighted by molar-refractivity contribution is 0.287. The maximum absolute atomic E-state index is 9.17. The van der Waals surface area contributed by atoms with Crippen LogP contribution in [0, 0.1) is 0 Å². The molecule has 0 aliphatic heterocycles. The van der Waals surface area contributed by atoms with Gasteiger partial charge in [-0.05, 0) is 23.1 Å². The summed E-state index contributed by atoms with van der Waals surface area (Å²) in [6, 6.07) is 31.2. The van der Waals surface area contributed by atoms with E-state index >= 15 is 0 Å². The quantitative estimate of drug-likeness (QED) is 0.500. The summed E-state index contributed by atoms with van der Waals surface area (Å²) < 4.78 is 1.96. The number of nitrogens with zero attached hydrogens (tertiary/aromatic N) is 3. The number of aliphatic hydroxyl groups excluding tert-OH is 1. The van der Waals surface area contributed by atoms with Crippen LogP contribution in [-0.4, -0.2) is 26.5 Å². The Labute approximate surface area is 165 Å². The van der Waals surface area contributed by atoms with E-state index in [9.17, 15) is 0 Å². The Kier molecular flexibility index (Phi) is 5.31. The molecule has 0 amide bonds. The molecule has 0 spiro atoms. The highest BCUT2D eigenvalue weighted by Gasteiger charge is 2.39. The van der Waals surface area contributed by atoms with Crippen LogP contribution in [-0.2, 0) is 12.0 Å².